The fraction of sp³-hybridized carbons (Fsp3) is 0.360. The van der Waals surface area contributed by atoms with E-state index in [1.165, 1.54) is 5.56 Å². The van der Waals surface area contributed by atoms with Gasteiger partial charge >= 0.3 is 0 Å². The highest BCUT2D eigenvalue weighted by Crippen LogP contribution is 2.40. The zero-order chi connectivity index (χ0) is 21.5. The maximum Gasteiger partial charge on any atom is 0.164 e. The van der Waals surface area contributed by atoms with Crippen molar-refractivity contribution in [1.29, 1.82) is 0 Å². The van der Waals surface area contributed by atoms with Crippen molar-refractivity contribution >= 4 is 6.08 Å². The lowest BCUT2D eigenvalue weighted by atomic mass is 9.79. The number of hydrogen-bond donors (Lipinski definition) is 0. The van der Waals surface area contributed by atoms with Crippen LogP contribution in [0.3, 0.4) is 0 Å². The Morgan fingerprint density at radius 1 is 0.733 bits per heavy atom. The molecule has 0 saturated carbocycles. The molecule has 0 aliphatic heterocycles. The molecule has 30 heavy (non-hydrogen) atoms. The Hall–Kier alpha value is -3.08. The summed E-state index contributed by atoms with van der Waals surface area (Å²) in [5.41, 5.74) is 2.16. The molecule has 2 aromatic carbocycles. The van der Waals surface area contributed by atoms with Crippen LogP contribution in [-0.4, -0.2) is 35.5 Å². The van der Waals surface area contributed by atoms with E-state index < -0.39 is 0 Å². The topological polar surface area (TPSA) is 46.2 Å². The summed E-state index contributed by atoms with van der Waals surface area (Å²) >= 11 is 0. The third kappa shape index (κ3) is 4.56. The standard InChI is InChI=1S/C25H30O5/c1-26-21-13-12-18(14-23(21)28-3)20-9-7-6-8-17(20)10-11-19-15-24(29-4)25(30-5)16-22(19)27-2/h7,9-17,20H,6,8H2,1-5H3/b11-10+. The van der Waals surface area contributed by atoms with Gasteiger partial charge in [-0.25, -0.2) is 0 Å². The van der Waals surface area contributed by atoms with Gasteiger partial charge < -0.3 is 23.7 Å². The molecule has 160 valence electrons. The fourth-order valence-corrected chi connectivity index (χ4v) is 3.90. The quantitative estimate of drug-likeness (QED) is 0.538. The van der Waals surface area contributed by atoms with Gasteiger partial charge in [-0.05, 0) is 42.5 Å². The van der Waals surface area contributed by atoms with Gasteiger partial charge in [-0.15, -0.1) is 0 Å². The SMILES string of the molecule is COc1cc(OC)c(OC)cc1/C=C/C1CCC=CC1c1ccc(OC)c(OC)c1. The lowest BCUT2D eigenvalue weighted by Crippen LogP contribution is -2.12. The van der Waals surface area contributed by atoms with Crippen LogP contribution in [0.2, 0.25) is 0 Å². The van der Waals surface area contributed by atoms with Crippen LogP contribution in [0.4, 0.5) is 0 Å². The monoisotopic (exact) mass is 410 g/mol. The van der Waals surface area contributed by atoms with Gasteiger partial charge in [-0.3, -0.25) is 0 Å². The maximum atomic E-state index is 5.56. The first-order valence-electron chi connectivity index (χ1n) is 10.0. The summed E-state index contributed by atoms with van der Waals surface area (Å²) in [5.74, 6) is 4.18. The van der Waals surface area contributed by atoms with E-state index in [0.29, 0.717) is 17.4 Å². The molecule has 0 bridgehead atoms. The minimum Gasteiger partial charge on any atom is -0.496 e. The van der Waals surface area contributed by atoms with Crippen LogP contribution in [-0.2, 0) is 0 Å². The van der Waals surface area contributed by atoms with E-state index in [2.05, 4.69) is 36.4 Å². The summed E-state index contributed by atoms with van der Waals surface area (Å²) < 4.78 is 27.3. The molecule has 2 unspecified atom stereocenters. The van der Waals surface area contributed by atoms with Gasteiger partial charge in [0.05, 0.1) is 35.5 Å². The zero-order valence-electron chi connectivity index (χ0n) is 18.3. The molecule has 1 aliphatic carbocycles. The molecule has 0 N–H and O–H groups in total. The van der Waals surface area contributed by atoms with Crippen molar-refractivity contribution in [2.24, 2.45) is 5.92 Å². The molecule has 0 radical (unpaired) electrons. The molecule has 1 aliphatic rings. The predicted molar refractivity (Wildman–Crippen MR) is 119 cm³/mol. The molecule has 2 aromatic rings. The van der Waals surface area contributed by atoms with Crippen molar-refractivity contribution in [3.63, 3.8) is 0 Å². The number of allylic oxidation sites excluding steroid dienone is 3. The second-order valence-electron chi connectivity index (χ2n) is 7.12. The van der Waals surface area contributed by atoms with Gasteiger partial charge in [-0.1, -0.05) is 30.4 Å². The molecule has 0 heterocycles. The summed E-state index contributed by atoms with van der Waals surface area (Å²) in [5, 5.41) is 0. The molecular formula is C25H30O5. The van der Waals surface area contributed by atoms with E-state index in [1.54, 1.807) is 35.5 Å². The molecule has 5 nitrogen and oxygen atoms in total. The summed E-state index contributed by atoms with van der Waals surface area (Å²) in [4.78, 5) is 0. The van der Waals surface area contributed by atoms with Crippen LogP contribution in [0.1, 0.15) is 29.9 Å². The Labute approximate surface area is 178 Å². The Bertz CT molecular complexity index is 916. The number of benzene rings is 2. The van der Waals surface area contributed by atoms with Crippen LogP contribution in [0, 0.1) is 5.92 Å². The molecule has 0 saturated heterocycles. The summed E-state index contributed by atoms with van der Waals surface area (Å²) in [6.07, 6.45) is 11.0. The Kier molecular flexibility index (Phi) is 7.28. The minimum atomic E-state index is 0.265. The van der Waals surface area contributed by atoms with Gasteiger partial charge in [0.25, 0.3) is 0 Å². The summed E-state index contributed by atoms with van der Waals surface area (Å²) in [6, 6.07) is 9.94. The van der Waals surface area contributed by atoms with Crippen molar-refractivity contribution in [1.82, 2.24) is 0 Å². The van der Waals surface area contributed by atoms with Gasteiger partial charge in [0.2, 0.25) is 0 Å². The maximum absolute atomic E-state index is 5.56. The first kappa shape index (κ1) is 21.6. The van der Waals surface area contributed by atoms with E-state index >= 15 is 0 Å². The predicted octanol–water partition coefficient (Wildman–Crippen LogP) is 5.49. The van der Waals surface area contributed by atoms with Gasteiger partial charge in [-0.2, -0.15) is 0 Å². The van der Waals surface area contributed by atoms with Crippen molar-refractivity contribution in [2.45, 2.75) is 18.8 Å². The van der Waals surface area contributed by atoms with Crippen molar-refractivity contribution in [3.8, 4) is 28.7 Å². The molecule has 5 heteroatoms. The average Bonchev–Trinajstić information content (AvgIpc) is 2.81. The Morgan fingerprint density at radius 3 is 2.03 bits per heavy atom. The van der Waals surface area contributed by atoms with Crippen molar-refractivity contribution in [2.75, 3.05) is 35.5 Å². The van der Waals surface area contributed by atoms with E-state index in [4.69, 9.17) is 23.7 Å². The van der Waals surface area contributed by atoms with Crippen LogP contribution in [0.15, 0.2) is 48.6 Å². The first-order chi connectivity index (χ1) is 14.6. The van der Waals surface area contributed by atoms with Crippen LogP contribution < -0.4 is 23.7 Å². The van der Waals surface area contributed by atoms with E-state index in [-0.39, 0.29) is 5.92 Å². The molecule has 0 spiro atoms. The van der Waals surface area contributed by atoms with Gasteiger partial charge in [0, 0.05) is 17.5 Å². The molecule has 0 fully saturated rings. The molecule has 2 atom stereocenters. The summed E-state index contributed by atoms with van der Waals surface area (Å²) in [6.45, 7) is 0. The van der Waals surface area contributed by atoms with Gasteiger partial charge in [0.1, 0.15) is 5.75 Å². The Morgan fingerprint density at radius 2 is 1.37 bits per heavy atom. The van der Waals surface area contributed by atoms with Crippen molar-refractivity contribution in [3.05, 3.63) is 59.7 Å². The second-order valence-corrected chi connectivity index (χ2v) is 7.12. The lowest BCUT2D eigenvalue weighted by Gasteiger charge is -2.26. The summed E-state index contributed by atoms with van der Waals surface area (Å²) in [7, 11) is 8.24. The minimum absolute atomic E-state index is 0.265. The number of rotatable bonds is 8. The molecule has 0 aromatic heterocycles. The largest absolute Gasteiger partial charge is 0.496 e. The average molecular weight is 411 g/mol. The smallest absolute Gasteiger partial charge is 0.164 e. The van der Waals surface area contributed by atoms with Crippen LogP contribution in [0.5, 0.6) is 28.7 Å². The number of ether oxygens (including phenoxy) is 5. The Balaban J connectivity index is 1.92. The number of hydrogen-bond acceptors (Lipinski definition) is 5. The number of methoxy groups -OCH3 is 5. The van der Waals surface area contributed by atoms with E-state index in [9.17, 15) is 0 Å². The molecule has 0 amide bonds. The van der Waals surface area contributed by atoms with Crippen LogP contribution >= 0.6 is 0 Å². The second kappa shape index (κ2) is 10.1. The molecule has 3 rings (SSSR count). The lowest BCUT2D eigenvalue weighted by molar-refractivity contribution is 0.348. The van der Waals surface area contributed by atoms with E-state index in [0.717, 1.165) is 35.7 Å². The highest BCUT2D eigenvalue weighted by molar-refractivity contribution is 5.64. The third-order valence-corrected chi connectivity index (χ3v) is 5.52. The molecular weight excluding hydrogens is 380 g/mol. The highest BCUT2D eigenvalue weighted by Gasteiger charge is 2.22. The first-order valence-corrected chi connectivity index (χ1v) is 10.0. The van der Waals surface area contributed by atoms with Gasteiger partial charge in [0.15, 0.2) is 23.0 Å². The highest BCUT2D eigenvalue weighted by atomic mass is 16.5. The normalized spacial score (nSPS) is 18.3. The zero-order valence-corrected chi connectivity index (χ0v) is 18.3. The van der Waals surface area contributed by atoms with Crippen LogP contribution in [0.25, 0.3) is 6.08 Å². The van der Waals surface area contributed by atoms with E-state index in [1.807, 2.05) is 18.2 Å². The third-order valence-electron chi connectivity index (χ3n) is 5.52. The fourth-order valence-electron chi connectivity index (χ4n) is 3.90. The van der Waals surface area contributed by atoms with Crippen molar-refractivity contribution < 1.29 is 23.7 Å².